The third kappa shape index (κ3) is 3.77. The molecule has 1 amide bonds. The molecule has 1 aromatic heterocycles. The number of methoxy groups -OCH3 is 2. The molecule has 1 heterocycles. The number of nitrogens with zero attached hydrogens (tertiary/aromatic N) is 1. The highest BCUT2D eigenvalue weighted by Crippen LogP contribution is 2.29. The Balaban J connectivity index is 1.90. The molecule has 10 heteroatoms. The van der Waals surface area contributed by atoms with Crippen molar-refractivity contribution in [2.45, 2.75) is 4.90 Å². The molecule has 0 aliphatic rings. The van der Waals surface area contributed by atoms with Crippen LogP contribution < -0.4 is 19.9 Å². The number of aromatic nitrogens is 1. The normalized spacial score (nSPS) is 11.3. The second kappa shape index (κ2) is 6.90. The van der Waals surface area contributed by atoms with Gasteiger partial charge in [0.25, 0.3) is 5.91 Å². The van der Waals surface area contributed by atoms with Crippen molar-refractivity contribution in [3.63, 3.8) is 0 Å². The topological polar surface area (TPSA) is 121 Å². The zero-order valence-corrected chi connectivity index (χ0v) is 15.5. The van der Waals surface area contributed by atoms with E-state index < -0.39 is 15.9 Å². The summed E-state index contributed by atoms with van der Waals surface area (Å²) in [6.45, 7) is 0. The molecule has 3 rings (SSSR count). The Hall–Kier alpha value is -2.69. The van der Waals surface area contributed by atoms with Crippen molar-refractivity contribution in [3.05, 3.63) is 42.0 Å². The summed E-state index contributed by atoms with van der Waals surface area (Å²) in [6, 6.07) is 9.14. The van der Waals surface area contributed by atoms with E-state index in [0.717, 1.165) is 11.3 Å². The fraction of sp³-hybridized carbons (Fsp3) is 0.125. The number of rotatable bonds is 5. The van der Waals surface area contributed by atoms with Crippen LogP contribution in [-0.2, 0) is 10.0 Å². The Bertz CT molecular complexity index is 1070. The molecule has 0 aliphatic carbocycles. The van der Waals surface area contributed by atoms with Crippen molar-refractivity contribution in [1.29, 1.82) is 0 Å². The summed E-state index contributed by atoms with van der Waals surface area (Å²) in [6.07, 6.45) is 0. The van der Waals surface area contributed by atoms with Crippen molar-refractivity contribution >= 4 is 42.6 Å². The molecule has 0 radical (unpaired) electrons. The highest BCUT2D eigenvalue weighted by molar-refractivity contribution is 7.89. The van der Waals surface area contributed by atoms with Crippen LogP contribution in [0.4, 0.5) is 5.13 Å². The summed E-state index contributed by atoms with van der Waals surface area (Å²) in [5.41, 5.74) is 0.895. The van der Waals surface area contributed by atoms with Crippen LogP contribution >= 0.6 is 11.3 Å². The lowest BCUT2D eigenvalue weighted by Gasteiger charge is -2.07. The molecular weight excluding hydrogens is 378 g/mol. The number of sulfonamides is 1. The van der Waals surface area contributed by atoms with E-state index >= 15 is 0 Å². The number of amides is 1. The molecule has 0 spiro atoms. The first-order chi connectivity index (χ1) is 12.3. The fourth-order valence-electron chi connectivity index (χ4n) is 2.24. The van der Waals surface area contributed by atoms with Gasteiger partial charge in [0.05, 0.1) is 29.3 Å². The summed E-state index contributed by atoms with van der Waals surface area (Å²) in [5.74, 6) is 0.570. The van der Waals surface area contributed by atoms with Crippen molar-refractivity contribution in [3.8, 4) is 11.5 Å². The van der Waals surface area contributed by atoms with Gasteiger partial charge in [0.15, 0.2) is 5.13 Å². The standard InChI is InChI=1S/C16H15N3O5S2/c1-23-10-5-9(6-11(7-10)24-2)15(20)19-16-18-13-4-3-12(26(17,21)22)8-14(13)25-16/h3-8H,1-2H3,(H2,17,21,22)(H,18,19,20). The third-order valence-corrected chi connectivity index (χ3v) is 5.37. The van der Waals surface area contributed by atoms with Crippen LogP contribution in [0, 0.1) is 0 Å². The van der Waals surface area contributed by atoms with E-state index in [9.17, 15) is 13.2 Å². The van der Waals surface area contributed by atoms with Crippen molar-refractivity contribution in [2.75, 3.05) is 19.5 Å². The van der Waals surface area contributed by atoms with Crippen molar-refractivity contribution in [1.82, 2.24) is 4.98 Å². The predicted molar refractivity (Wildman–Crippen MR) is 98.5 cm³/mol. The minimum atomic E-state index is -3.80. The number of fused-ring (bicyclic) bond motifs is 1. The Morgan fingerprint density at radius 3 is 2.35 bits per heavy atom. The Morgan fingerprint density at radius 1 is 1.12 bits per heavy atom. The Labute approximate surface area is 153 Å². The van der Waals surface area contributed by atoms with Crippen LogP contribution in [0.3, 0.4) is 0 Å². The lowest BCUT2D eigenvalue weighted by atomic mass is 10.2. The smallest absolute Gasteiger partial charge is 0.257 e. The van der Waals surface area contributed by atoms with Gasteiger partial charge in [-0.1, -0.05) is 11.3 Å². The number of benzene rings is 2. The molecule has 0 aliphatic heterocycles. The first-order valence-corrected chi connectivity index (χ1v) is 9.64. The molecule has 136 valence electrons. The molecule has 3 N–H and O–H groups in total. The fourth-order valence-corrected chi connectivity index (χ4v) is 3.76. The summed E-state index contributed by atoms with van der Waals surface area (Å²) in [7, 11) is -0.816. The molecule has 0 unspecified atom stereocenters. The quantitative estimate of drug-likeness (QED) is 0.686. The van der Waals surface area contributed by atoms with Gasteiger partial charge in [-0.2, -0.15) is 0 Å². The molecule has 0 saturated carbocycles. The van der Waals surface area contributed by atoms with Crippen LogP contribution in [0.25, 0.3) is 10.2 Å². The van der Waals surface area contributed by atoms with E-state index in [1.165, 1.54) is 32.4 Å². The second-order valence-corrected chi connectivity index (χ2v) is 7.84. The third-order valence-electron chi connectivity index (χ3n) is 3.52. The lowest BCUT2D eigenvalue weighted by Crippen LogP contribution is -2.12. The van der Waals surface area contributed by atoms with E-state index in [-0.39, 0.29) is 4.90 Å². The number of primary sulfonamides is 1. The maximum Gasteiger partial charge on any atom is 0.257 e. The van der Waals surface area contributed by atoms with Gasteiger partial charge in [-0.05, 0) is 30.3 Å². The van der Waals surface area contributed by atoms with Gasteiger partial charge in [-0.25, -0.2) is 18.5 Å². The first-order valence-electron chi connectivity index (χ1n) is 7.28. The number of thiazole rings is 1. The zero-order valence-electron chi connectivity index (χ0n) is 13.8. The molecular formula is C16H15N3O5S2. The maximum atomic E-state index is 12.5. The van der Waals surface area contributed by atoms with E-state index in [1.54, 1.807) is 18.2 Å². The minimum Gasteiger partial charge on any atom is -0.497 e. The van der Waals surface area contributed by atoms with Crippen LogP contribution in [0.15, 0.2) is 41.3 Å². The van der Waals surface area contributed by atoms with Gasteiger partial charge in [-0.15, -0.1) is 0 Å². The molecule has 0 atom stereocenters. The molecule has 0 saturated heterocycles. The van der Waals surface area contributed by atoms with Gasteiger partial charge < -0.3 is 9.47 Å². The first kappa shape index (κ1) is 18.1. The summed E-state index contributed by atoms with van der Waals surface area (Å²) >= 11 is 1.14. The molecule has 0 bridgehead atoms. The summed E-state index contributed by atoms with van der Waals surface area (Å²) in [4.78, 5) is 16.7. The van der Waals surface area contributed by atoms with E-state index in [4.69, 9.17) is 14.6 Å². The number of hydrogen-bond acceptors (Lipinski definition) is 7. The number of nitrogens with one attached hydrogen (secondary N) is 1. The molecule has 3 aromatic rings. The number of carbonyl (C=O) groups is 1. The number of carbonyl (C=O) groups excluding carboxylic acids is 1. The van der Waals surface area contributed by atoms with Crippen LogP contribution in [0.5, 0.6) is 11.5 Å². The van der Waals surface area contributed by atoms with Crippen LogP contribution in [-0.4, -0.2) is 33.5 Å². The van der Waals surface area contributed by atoms with Crippen molar-refractivity contribution < 1.29 is 22.7 Å². The van der Waals surface area contributed by atoms with Crippen LogP contribution in [0.2, 0.25) is 0 Å². The number of ether oxygens (including phenoxy) is 2. The average molecular weight is 393 g/mol. The second-order valence-electron chi connectivity index (χ2n) is 5.25. The number of hydrogen-bond donors (Lipinski definition) is 2. The average Bonchev–Trinajstić information content (AvgIpc) is 3.01. The SMILES string of the molecule is COc1cc(OC)cc(C(=O)Nc2nc3ccc(S(N)(=O)=O)cc3s2)c1. The largest absolute Gasteiger partial charge is 0.497 e. The maximum absolute atomic E-state index is 12.5. The van der Waals surface area contributed by atoms with Crippen molar-refractivity contribution in [2.24, 2.45) is 5.14 Å². The zero-order chi connectivity index (χ0) is 18.9. The van der Waals surface area contributed by atoms with Crippen LogP contribution in [0.1, 0.15) is 10.4 Å². The highest BCUT2D eigenvalue weighted by Gasteiger charge is 2.14. The molecule has 26 heavy (non-hydrogen) atoms. The van der Waals surface area contributed by atoms with Gasteiger partial charge in [0.2, 0.25) is 10.0 Å². The Morgan fingerprint density at radius 2 is 1.77 bits per heavy atom. The van der Waals surface area contributed by atoms with E-state index in [2.05, 4.69) is 10.3 Å². The van der Waals surface area contributed by atoms with E-state index in [0.29, 0.717) is 32.4 Å². The minimum absolute atomic E-state index is 0.0101. The molecule has 8 nitrogen and oxygen atoms in total. The number of anilines is 1. The molecule has 2 aromatic carbocycles. The van der Waals surface area contributed by atoms with Gasteiger partial charge in [-0.3, -0.25) is 10.1 Å². The van der Waals surface area contributed by atoms with Gasteiger partial charge >= 0.3 is 0 Å². The van der Waals surface area contributed by atoms with Gasteiger partial charge in [0.1, 0.15) is 11.5 Å². The Kier molecular flexibility index (Phi) is 4.81. The molecule has 0 fully saturated rings. The lowest BCUT2D eigenvalue weighted by molar-refractivity contribution is 0.102. The van der Waals surface area contributed by atoms with Gasteiger partial charge in [0, 0.05) is 11.6 Å². The number of nitrogens with two attached hydrogens (primary N) is 1. The monoisotopic (exact) mass is 393 g/mol. The predicted octanol–water partition coefficient (Wildman–Crippen LogP) is 2.21. The highest BCUT2D eigenvalue weighted by atomic mass is 32.2. The summed E-state index contributed by atoms with van der Waals surface area (Å²) in [5, 5.41) is 8.15. The summed E-state index contributed by atoms with van der Waals surface area (Å²) < 4.78 is 33.8. The van der Waals surface area contributed by atoms with E-state index in [1.807, 2.05) is 0 Å².